The molecular formula is C20H18N2O6S2. The number of hydrogen-bond donors (Lipinski definition) is 0. The summed E-state index contributed by atoms with van der Waals surface area (Å²) in [5, 5.41) is 0. The molecule has 2 aliphatic rings. The van der Waals surface area contributed by atoms with Crippen molar-refractivity contribution in [3.05, 3.63) is 85.0 Å². The van der Waals surface area contributed by atoms with Gasteiger partial charge in [0, 0.05) is 0 Å². The number of rotatable bonds is 4. The summed E-state index contributed by atoms with van der Waals surface area (Å²) in [6, 6.07) is 13.2. The molecule has 0 amide bonds. The fourth-order valence-corrected chi connectivity index (χ4v) is 4.94. The molecular weight excluding hydrogens is 428 g/mol. The van der Waals surface area contributed by atoms with E-state index >= 15 is 0 Å². The molecule has 2 aromatic carbocycles. The van der Waals surface area contributed by atoms with E-state index in [0.29, 0.717) is 11.1 Å². The van der Waals surface area contributed by atoms with Crippen LogP contribution in [0.5, 0.6) is 0 Å². The number of hydrogen-bond acceptors (Lipinski definition) is 6. The highest BCUT2D eigenvalue weighted by atomic mass is 32.2. The maximum atomic E-state index is 11.5. The smallest absolute Gasteiger partial charge is 0.286 e. The van der Waals surface area contributed by atoms with Crippen molar-refractivity contribution in [1.82, 2.24) is 0 Å². The zero-order chi connectivity index (χ0) is 21.8. The molecule has 2 heterocycles. The molecule has 0 radical (unpaired) electrons. The van der Waals surface area contributed by atoms with Gasteiger partial charge in [0.2, 0.25) is 11.8 Å². The molecule has 0 atom stereocenters. The van der Waals surface area contributed by atoms with Crippen LogP contribution in [-0.4, -0.2) is 41.8 Å². The number of ether oxygens (including phenoxy) is 2. The van der Waals surface area contributed by atoms with Crippen LogP contribution in [-0.2, 0) is 29.5 Å². The van der Waals surface area contributed by atoms with Crippen LogP contribution in [0.25, 0.3) is 0 Å². The van der Waals surface area contributed by atoms with Gasteiger partial charge in [0.05, 0.1) is 11.1 Å². The number of sulfonamides is 2. The summed E-state index contributed by atoms with van der Waals surface area (Å²) >= 11 is 0. The van der Waals surface area contributed by atoms with Crippen LogP contribution in [0, 0.1) is 0 Å². The van der Waals surface area contributed by atoms with Crippen molar-refractivity contribution < 1.29 is 26.3 Å². The van der Waals surface area contributed by atoms with Crippen LogP contribution in [0.1, 0.15) is 11.1 Å². The van der Waals surface area contributed by atoms with E-state index in [2.05, 4.69) is 22.0 Å². The maximum absolute atomic E-state index is 11.5. The highest BCUT2D eigenvalue weighted by Gasteiger charge is 2.30. The van der Waals surface area contributed by atoms with Gasteiger partial charge in [-0.05, 0) is 24.3 Å². The summed E-state index contributed by atoms with van der Waals surface area (Å²) in [7, 11) is -7.11. The molecule has 0 saturated heterocycles. The minimum atomic E-state index is -3.56. The van der Waals surface area contributed by atoms with Gasteiger partial charge in [0.1, 0.15) is 23.0 Å². The predicted octanol–water partition coefficient (Wildman–Crippen LogP) is 2.68. The molecule has 4 rings (SSSR count). The van der Waals surface area contributed by atoms with Crippen LogP contribution in [0.15, 0.2) is 92.4 Å². The molecule has 30 heavy (non-hydrogen) atoms. The second-order valence-electron chi connectivity index (χ2n) is 5.93. The molecule has 10 heteroatoms. The van der Waals surface area contributed by atoms with Gasteiger partial charge < -0.3 is 9.47 Å². The second-order valence-corrected chi connectivity index (χ2v) is 9.08. The van der Waals surface area contributed by atoms with Crippen molar-refractivity contribution in [2.75, 3.05) is 13.2 Å². The molecule has 156 valence electrons. The molecule has 8 nitrogen and oxygen atoms in total. The molecule has 0 fully saturated rings. The molecule has 0 aromatic heterocycles. The van der Waals surface area contributed by atoms with Crippen molar-refractivity contribution in [3.63, 3.8) is 0 Å². The van der Waals surface area contributed by atoms with Gasteiger partial charge in [-0.2, -0.15) is 16.8 Å². The molecule has 0 saturated carbocycles. The van der Waals surface area contributed by atoms with E-state index in [9.17, 15) is 16.8 Å². The van der Waals surface area contributed by atoms with Crippen molar-refractivity contribution in [1.29, 1.82) is 0 Å². The van der Waals surface area contributed by atoms with E-state index in [1.54, 1.807) is 36.4 Å². The third-order valence-electron chi connectivity index (χ3n) is 3.87. The number of benzene rings is 2. The topological polar surface area (TPSA) is 111 Å². The summed E-state index contributed by atoms with van der Waals surface area (Å²) in [4.78, 5) is 0.396. The molecule has 0 spiro atoms. The van der Waals surface area contributed by atoms with Crippen molar-refractivity contribution in [2.45, 2.75) is 9.79 Å². The standard InChI is InChI=1S/2C10H9NO3S/c2*1-2-7-14-10-8-5-3-4-6-9(8)15(12,13)11-10/h2*2-6H,1,7H2. The fourth-order valence-electron chi connectivity index (χ4n) is 2.64. The van der Waals surface area contributed by atoms with Gasteiger partial charge in [0.25, 0.3) is 20.0 Å². The Bertz CT molecular complexity index is 1160. The molecule has 2 aliphatic heterocycles. The molecule has 0 aliphatic carbocycles. The van der Waals surface area contributed by atoms with Crippen molar-refractivity contribution in [2.24, 2.45) is 8.80 Å². The lowest BCUT2D eigenvalue weighted by atomic mass is 10.2. The van der Waals surface area contributed by atoms with Crippen LogP contribution >= 0.6 is 0 Å². The Morgan fingerprint density at radius 1 is 0.700 bits per heavy atom. The Hall–Kier alpha value is -3.24. The van der Waals surface area contributed by atoms with E-state index in [4.69, 9.17) is 9.47 Å². The first-order valence-electron chi connectivity index (χ1n) is 8.66. The first-order chi connectivity index (χ1) is 14.3. The Morgan fingerprint density at radius 2 is 1.07 bits per heavy atom. The highest BCUT2D eigenvalue weighted by Crippen LogP contribution is 2.27. The summed E-state index contributed by atoms with van der Waals surface area (Å²) in [6.45, 7) is 7.45. The Morgan fingerprint density at radius 3 is 1.43 bits per heavy atom. The fraction of sp³-hybridized carbons (Fsp3) is 0.100. The zero-order valence-corrected chi connectivity index (χ0v) is 17.4. The minimum Gasteiger partial charge on any atom is -0.472 e. The Labute approximate surface area is 175 Å². The summed E-state index contributed by atoms with van der Waals surface area (Å²) < 4.78 is 63.6. The van der Waals surface area contributed by atoms with E-state index in [1.807, 2.05) is 0 Å². The van der Waals surface area contributed by atoms with Gasteiger partial charge in [-0.3, -0.25) is 0 Å². The normalized spacial score (nSPS) is 16.7. The van der Waals surface area contributed by atoms with E-state index in [-0.39, 0.29) is 34.8 Å². The van der Waals surface area contributed by atoms with Crippen molar-refractivity contribution in [3.8, 4) is 0 Å². The second kappa shape index (κ2) is 8.64. The van der Waals surface area contributed by atoms with Crippen LogP contribution < -0.4 is 0 Å². The highest BCUT2D eigenvalue weighted by molar-refractivity contribution is 7.91. The van der Waals surface area contributed by atoms with Gasteiger partial charge in [-0.1, -0.05) is 49.6 Å². The molecule has 0 bridgehead atoms. The van der Waals surface area contributed by atoms with Gasteiger partial charge >= 0.3 is 0 Å². The third-order valence-corrected chi connectivity index (χ3v) is 6.51. The summed E-state index contributed by atoms with van der Waals surface area (Å²) in [5.41, 5.74) is 1.03. The van der Waals surface area contributed by atoms with Gasteiger partial charge in [-0.25, -0.2) is 0 Å². The minimum absolute atomic E-state index is 0.144. The Balaban J connectivity index is 0.000000171. The predicted molar refractivity (Wildman–Crippen MR) is 113 cm³/mol. The van der Waals surface area contributed by atoms with E-state index in [0.717, 1.165) is 0 Å². The van der Waals surface area contributed by atoms with E-state index < -0.39 is 20.0 Å². The average molecular weight is 447 g/mol. The number of fused-ring (bicyclic) bond motifs is 2. The maximum Gasteiger partial charge on any atom is 0.286 e. The largest absolute Gasteiger partial charge is 0.472 e. The van der Waals surface area contributed by atoms with Gasteiger partial charge in [-0.15, -0.1) is 8.80 Å². The first-order valence-corrected chi connectivity index (χ1v) is 11.5. The molecule has 0 N–H and O–H groups in total. The molecule has 0 unspecified atom stereocenters. The lowest BCUT2D eigenvalue weighted by Crippen LogP contribution is -2.03. The lowest BCUT2D eigenvalue weighted by Gasteiger charge is -2.01. The molecule has 2 aromatic rings. The number of nitrogens with zero attached hydrogens (tertiary/aromatic N) is 2. The van der Waals surface area contributed by atoms with Crippen LogP contribution in [0.4, 0.5) is 0 Å². The summed E-state index contributed by atoms with van der Waals surface area (Å²) in [5.74, 6) is 0.288. The van der Waals surface area contributed by atoms with Crippen LogP contribution in [0.2, 0.25) is 0 Å². The quantitative estimate of drug-likeness (QED) is 0.668. The zero-order valence-electron chi connectivity index (χ0n) is 15.8. The summed E-state index contributed by atoms with van der Waals surface area (Å²) in [6.07, 6.45) is 3.08. The average Bonchev–Trinajstić information content (AvgIpc) is 3.15. The third kappa shape index (κ3) is 4.34. The van der Waals surface area contributed by atoms with Crippen molar-refractivity contribution >= 4 is 31.8 Å². The lowest BCUT2D eigenvalue weighted by molar-refractivity contribution is 0.353. The Kier molecular flexibility index (Phi) is 6.18. The monoisotopic (exact) mass is 446 g/mol. The van der Waals surface area contributed by atoms with Gasteiger partial charge in [0.15, 0.2) is 0 Å². The van der Waals surface area contributed by atoms with E-state index in [1.165, 1.54) is 24.3 Å². The SMILES string of the molecule is C=CCOC1=NS(=O)(=O)c2ccccc21.C=CCOC1=NS(=O)(=O)c2ccccc21. The van der Waals surface area contributed by atoms with Crippen LogP contribution in [0.3, 0.4) is 0 Å². The first kappa shape index (κ1) is 21.5.